The molecule has 1 rings (SSSR count). The molecule has 0 bridgehead atoms. The van der Waals surface area contributed by atoms with Crippen molar-refractivity contribution in [2.75, 3.05) is 32.2 Å². The van der Waals surface area contributed by atoms with E-state index >= 15 is 0 Å². The molecule has 0 aromatic rings. The largest absolute Gasteiger partial charge is 0.380 e. The molecule has 4 nitrogen and oxygen atoms in total. The van der Waals surface area contributed by atoms with E-state index in [4.69, 9.17) is 21.1 Å². The van der Waals surface area contributed by atoms with Gasteiger partial charge in [-0.3, -0.25) is 4.79 Å². The molecule has 17 heavy (non-hydrogen) atoms. The number of alkyl halides is 1. The van der Waals surface area contributed by atoms with Crippen molar-refractivity contribution in [2.45, 2.75) is 38.2 Å². The van der Waals surface area contributed by atoms with E-state index < -0.39 is 0 Å². The Morgan fingerprint density at radius 2 is 2.35 bits per heavy atom. The number of halogens is 1. The summed E-state index contributed by atoms with van der Waals surface area (Å²) in [6.07, 6.45) is 4.77. The first-order chi connectivity index (χ1) is 8.33. The molecule has 5 heteroatoms. The first-order valence-electron chi connectivity index (χ1n) is 6.35. The molecule has 1 aliphatic heterocycles. The van der Waals surface area contributed by atoms with Crippen molar-refractivity contribution >= 4 is 17.5 Å². The third-order valence-corrected chi connectivity index (χ3v) is 2.88. The maximum Gasteiger partial charge on any atom is 0.220 e. The predicted molar refractivity (Wildman–Crippen MR) is 67.4 cm³/mol. The highest BCUT2D eigenvalue weighted by molar-refractivity contribution is 6.17. The van der Waals surface area contributed by atoms with Gasteiger partial charge in [0.25, 0.3) is 0 Å². The van der Waals surface area contributed by atoms with Crippen molar-refractivity contribution in [2.24, 2.45) is 0 Å². The molecule has 1 N–H and O–H groups in total. The van der Waals surface area contributed by atoms with Crippen molar-refractivity contribution in [3.8, 4) is 0 Å². The lowest BCUT2D eigenvalue weighted by atomic mass is 10.1. The van der Waals surface area contributed by atoms with E-state index in [0.717, 1.165) is 32.3 Å². The van der Waals surface area contributed by atoms with Crippen molar-refractivity contribution in [3.63, 3.8) is 0 Å². The average Bonchev–Trinajstić information content (AvgIpc) is 2.84. The Bertz CT molecular complexity index is 208. The fourth-order valence-corrected chi connectivity index (χ4v) is 1.92. The van der Waals surface area contributed by atoms with Crippen LogP contribution in [0.3, 0.4) is 0 Å². The van der Waals surface area contributed by atoms with Crippen LogP contribution in [0.25, 0.3) is 0 Å². The van der Waals surface area contributed by atoms with Gasteiger partial charge in [0.15, 0.2) is 0 Å². The summed E-state index contributed by atoms with van der Waals surface area (Å²) >= 11 is 5.46. The standard InChI is InChI=1S/C12H22ClNO3/c13-6-10-16-8-2-7-14-12(15)5-4-11-3-1-9-17-11/h11H,1-10H2,(H,14,15). The molecule has 1 saturated heterocycles. The molecule has 1 unspecified atom stereocenters. The topological polar surface area (TPSA) is 47.6 Å². The van der Waals surface area contributed by atoms with Gasteiger partial charge in [0.1, 0.15) is 0 Å². The van der Waals surface area contributed by atoms with Gasteiger partial charge in [-0.05, 0) is 25.7 Å². The highest BCUT2D eigenvalue weighted by Gasteiger charge is 2.16. The fourth-order valence-electron chi connectivity index (χ4n) is 1.81. The second kappa shape index (κ2) is 9.68. The summed E-state index contributed by atoms with van der Waals surface area (Å²) in [7, 11) is 0. The molecule has 1 fully saturated rings. The van der Waals surface area contributed by atoms with Crippen LogP contribution in [0.15, 0.2) is 0 Å². The summed E-state index contributed by atoms with van der Waals surface area (Å²) in [4.78, 5) is 11.5. The molecule has 0 radical (unpaired) electrons. The Labute approximate surface area is 108 Å². The van der Waals surface area contributed by atoms with Crippen LogP contribution in [0, 0.1) is 0 Å². The first kappa shape index (κ1) is 14.7. The maximum absolute atomic E-state index is 11.5. The van der Waals surface area contributed by atoms with E-state index in [-0.39, 0.29) is 5.91 Å². The van der Waals surface area contributed by atoms with Crippen LogP contribution >= 0.6 is 11.6 Å². The zero-order valence-corrected chi connectivity index (χ0v) is 11.0. The van der Waals surface area contributed by atoms with Crippen LogP contribution in [0.4, 0.5) is 0 Å². The van der Waals surface area contributed by atoms with E-state index in [0.29, 0.717) is 38.2 Å². The van der Waals surface area contributed by atoms with Crippen molar-refractivity contribution < 1.29 is 14.3 Å². The number of carbonyl (C=O) groups excluding carboxylic acids is 1. The lowest BCUT2D eigenvalue weighted by molar-refractivity contribution is -0.121. The molecule has 0 aromatic heterocycles. The summed E-state index contributed by atoms with van der Waals surface area (Å²) < 4.78 is 10.7. The van der Waals surface area contributed by atoms with E-state index in [9.17, 15) is 4.79 Å². The SMILES string of the molecule is O=C(CCC1CCCO1)NCCCOCCCl. The number of rotatable bonds is 9. The Balaban J connectivity index is 1.87. The van der Waals surface area contributed by atoms with Gasteiger partial charge in [0, 0.05) is 32.1 Å². The zero-order valence-electron chi connectivity index (χ0n) is 10.3. The van der Waals surface area contributed by atoms with Crippen molar-refractivity contribution in [1.29, 1.82) is 0 Å². The van der Waals surface area contributed by atoms with Gasteiger partial charge in [-0.25, -0.2) is 0 Å². The summed E-state index contributed by atoms with van der Waals surface area (Å²) in [5.74, 6) is 0.631. The second-order valence-electron chi connectivity index (χ2n) is 4.18. The normalized spacial score (nSPS) is 19.5. The Morgan fingerprint density at radius 3 is 3.06 bits per heavy atom. The lowest BCUT2D eigenvalue weighted by Crippen LogP contribution is -2.26. The molecule has 1 atom stereocenters. The molecule has 0 spiro atoms. The highest BCUT2D eigenvalue weighted by atomic mass is 35.5. The molecule has 1 aliphatic rings. The zero-order chi connectivity index (χ0) is 12.3. The molecule has 0 aliphatic carbocycles. The third kappa shape index (κ3) is 7.58. The number of amides is 1. The Morgan fingerprint density at radius 1 is 1.47 bits per heavy atom. The first-order valence-corrected chi connectivity index (χ1v) is 6.88. The van der Waals surface area contributed by atoms with Crippen LogP contribution in [-0.2, 0) is 14.3 Å². The van der Waals surface area contributed by atoms with Gasteiger partial charge in [-0.15, -0.1) is 11.6 Å². The second-order valence-corrected chi connectivity index (χ2v) is 4.56. The van der Waals surface area contributed by atoms with E-state index in [1.165, 1.54) is 0 Å². The van der Waals surface area contributed by atoms with E-state index in [1.54, 1.807) is 0 Å². The molecule has 1 heterocycles. The quantitative estimate of drug-likeness (QED) is 0.509. The molecule has 0 saturated carbocycles. The molecule has 1 amide bonds. The van der Waals surface area contributed by atoms with Crippen molar-refractivity contribution in [1.82, 2.24) is 5.32 Å². The maximum atomic E-state index is 11.5. The van der Waals surface area contributed by atoms with Crippen LogP contribution in [-0.4, -0.2) is 44.3 Å². The van der Waals surface area contributed by atoms with Gasteiger partial charge < -0.3 is 14.8 Å². The molecular weight excluding hydrogens is 242 g/mol. The van der Waals surface area contributed by atoms with Crippen LogP contribution in [0.2, 0.25) is 0 Å². The summed E-state index contributed by atoms with van der Waals surface area (Å²) in [6, 6.07) is 0. The summed E-state index contributed by atoms with van der Waals surface area (Å²) in [6.45, 7) is 2.75. The van der Waals surface area contributed by atoms with Crippen LogP contribution in [0.5, 0.6) is 0 Å². The number of ether oxygens (including phenoxy) is 2. The minimum Gasteiger partial charge on any atom is -0.380 e. The predicted octanol–water partition coefficient (Wildman–Crippen LogP) is 1.71. The van der Waals surface area contributed by atoms with Gasteiger partial charge in [-0.2, -0.15) is 0 Å². The summed E-state index contributed by atoms with van der Waals surface area (Å²) in [5, 5.41) is 2.88. The fraction of sp³-hybridized carbons (Fsp3) is 0.917. The van der Waals surface area contributed by atoms with Gasteiger partial charge in [0.05, 0.1) is 12.7 Å². The number of hydrogen-bond acceptors (Lipinski definition) is 3. The minimum atomic E-state index is 0.109. The highest BCUT2D eigenvalue weighted by Crippen LogP contribution is 2.16. The molecule has 100 valence electrons. The molecular formula is C12H22ClNO3. The smallest absolute Gasteiger partial charge is 0.220 e. The lowest BCUT2D eigenvalue weighted by Gasteiger charge is -2.09. The van der Waals surface area contributed by atoms with Gasteiger partial charge in [-0.1, -0.05) is 0 Å². The van der Waals surface area contributed by atoms with E-state index in [2.05, 4.69) is 5.32 Å². The van der Waals surface area contributed by atoms with Crippen LogP contribution in [0.1, 0.15) is 32.1 Å². The molecule has 0 aromatic carbocycles. The number of hydrogen-bond donors (Lipinski definition) is 1. The minimum absolute atomic E-state index is 0.109. The van der Waals surface area contributed by atoms with Crippen molar-refractivity contribution in [3.05, 3.63) is 0 Å². The average molecular weight is 264 g/mol. The Hall–Kier alpha value is -0.320. The summed E-state index contributed by atoms with van der Waals surface area (Å²) in [5.41, 5.74) is 0. The monoisotopic (exact) mass is 263 g/mol. The van der Waals surface area contributed by atoms with Gasteiger partial charge in [0.2, 0.25) is 5.91 Å². The number of carbonyl (C=O) groups is 1. The Kier molecular flexibility index (Phi) is 8.40. The number of nitrogens with one attached hydrogen (secondary N) is 1. The third-order valence-electron chi connectivity index (χ3n) is 2.73. The van der Waals surface area contributed by atoms with E-state index in [1.807, 2.05) is 0 Å². The van der Waals surface area contributed by atoms with Gasteiger partial charge >= 0.3 is 0 Å². The van der Waals surface area contributed by atoms with Crippen LogP contribution < -0.4 is 5.32 Å².